The van der Waals surface area contributed by atoms with Crippen LogP contribution in [0.1, 0.15) is 0 Å². The quantitative estimate of drug-likeness (QED) is 0.664. The summed E-state index contributed by atoms with van der Waals surface area (Å²) in [6, 6.07) is 0. The first-order valence-corrected chi connectivity index (χ1v) is 5.68. The van der Waals surface area contributed by atoms with Crippen molar-refractivity contribution in [2.24, 2.45) is 0 Å². The molecule has 0 aliphatic rings. The number of ether oxygens (including phenoxy) is 2. The van der Waals surface area contributed by atoms with Crippen LogP contribution < -0.4 is 0 Å². The minimum absolute atomic E-state index is 0.0694. The normalized spacial score (nSPS) is 14.5. The summed E-state index contributed by atoms with van der Waals surface area (Å²) in [6.07, 6.45) is 0. The first kappa shape index (κ1) is 15.9. The van der Waals surface area contributed by atoms with Gasteiger partial charge in [0, 0.05) is 27.3 Å². The highest BCUT2D eigenvalue weighted by Crippen LogP contribution is 2.66. The minimum atomic E-state index is -5.81. The van der Waals surface area contributed by atoms with Gasteiger partial charge in [-0.3, -0.25) is 0 Å². The molecular formula is C7H14F5NO2S. The van der Waals surface area contributed by atoms with Gasteiger partial charge in [0.05, 0.1) is 13.2 Å². The van der Waals surface area contributed by atoms with Crippen LogP contribution in [0.4, 0.5) is 20.9 Å². The lowest BCUT2D eigenvalue weighted by atomic mass is 10.6. The largest absolute Gasteiger partial charge is 0.492 e. The van der Waals surface area contributed by atoms with Crippen molar-refractivity contribution in [3.05, 3.63) is 0 Å². The summed E-state index contributed by atoms with van der Waals surface area (Å²) in [5.41, 5.74) is -5.52. The summed E-state index contributed by atoms with van der Waals surface area (Å²) in [4.78, 5) is 0. The van der Waals surface area contributed by atoms with Crippen molar-refractivity contribution in [1.82, 2.24) is 4.31 Å². The van der Waals surface area contributed by atoms with Crippen LogP contribution in [0.25, 0.3) is 0 Å². The number of methoxy groups -OCH3 is 2. The highest BCUT2D eigenvalue weighted by Gasteiger charge is 2.56. The van der Waals surface area contributed by atoms with E-state index in [0.29, 0.717) is 0 Å². The van der Waals surface area contributed by atoms with Crippen LogP contribution in [0.2, 0.25) is 0 Å². The van der Waals surface area contributed by atoms with Crippen molar-refractivity contribution in [3.8, 4) is 0 Å². The number of nitrogens with zero attached hydrogens (tertiary/aromatic N) is 1. The smallest absolute Gasteiger partial charge is 0.383 e. The standard InChI is InChI=1S/C7H14F5NO2S/c1-14-5-3-13(4-6-15-2)16(11,12)7(8,9)10/h3-6H2,1-2H3. The molecule has 100 valence electrons. The SMILES string of the molecule is COCCN(CCOC)S(F)(F)C(F)(F)F. The van der Waals surface area contributed by atoms with E-state index in [1.54, 1.807) is 0 Å². The fraction of sp³-hybridized carbons (Fsp3) is 1.00. The third-order valence-electron chi connectivity index (χ3n) is 1.69. The third kappa shape index (κ3) is 4.40. The molecule has 0 bridgehead atoms. The van der Waals surface area contributed by atoms with Gasteiger partial charge in [-0.1, -0.05) is 0 Å². The second kappa shape index (κ2) is 6.58. The van der Waals surface area contributed by atoms with Gasteiger partial charge in [-0.25, -0.2) is 4.31 Å². The Balaban J connectivity index is 4.58. The average molecular weight is 271 g/mol. The topological polar surface area (TPSA) is 21.7 Å². The molecule has 0 aromatic carbocycles. The van der Waals surface area contributed by atoms with E-state index in [0.717, 1.165) is 0 Å². The van der Waals surface area contributed by atoms with E-state index in [2.05, 4.69) is 9.47 Å². The maximum Gasteiger partial charge on any atom is 0.492 e. The Morgan fingerprint density at radius 2 is 1.38 bits per heavy atom. The molecule has 9 heteroatoms. The van der Waals surface area contributed by atoms with Gasteiger partial charge < -0.3 is 9.47 Å². The lowest BCUT2D eigenvalue weighted by Crippen LogP contribution is -2.36. The number of hydrogen-bond acceptors (Lipinski definition) is 3. The van der Waals surface area contributed by atoms with E-state index in [1.165, 1.54) is 14.2 Å². The van der Waals surface area contributed by atoms with Crippen molar-refractivity contribution < 1.29 is 30.4 Å². The average Bonchev–Trinajstić information content (AvgIpc) is 2.16. The molecular weight excluding hydrogens is 257 g/mol. The molecule has 0 amide bonds. The lowest BCUT2D eigenvalue weighted by molar-refractivity contribution is -0.0531. The zero-order valence-corrected chi connectivity index (χ0v) is 9.71. The Hall–Kier alpha value is -0.120. The molecule has 3 nitrogen and oxygen atoms in total. The summed E-state index contributed by atoms with van der Waals surface area (Å²) in [5.74, 6) is 0. The van der Waals surface area contributed by atoms with Crippen LogP contribution in [-0.2, 0) is 9.47 Å². The second-order valence-corrected chi connectivity index (χ2v) is 4.67. The van der Waals surface area contributed by atoms with E-state index >= 15 is 0 Å². The van der Waals surface area contributed by atoms with Crippen molar-refractivity contribution in [2.75, 3.05) is 40.5 Å². The van der Waals surface area contributed by atoms with E-state index in [4.69, 9.17) is 0 Å². The maximum atomic E-state index is 13.0. The molecule has 0 saturated heterocycles. The van der Waals surface area contributed by atoms with Crippen molar-refractivity contribution in [3.63, 3.8) is 0 Å². The van der Waals surface area contributed by atoms with Crippen LogP contribution in [-0.4, -0.2) is 50.3 Å². The van der Waals surface area contributed by atoms with Gasteiger partial charge in [0.25, 0.3) is 0 Å². The fourth-order valence-corrected chi connectivity index (χ4v) is 1.77. The Bertz CT molecular complexity index is 194. The molecule has 0 aromatic rings. The van der Waals surface area contributed by atoms with Crippen molar-refractivity contribution in [1.29, 1.82) is 0 Å². The molecule has 0 saturated carbocycles. The minimum Gasteiger partial charge on any atom is -0.383 e. The number of hydrogen-bond donors (Lipinski definition) is 0. The lowest BCUT2D eigenvalue weighted by Gasteiger charge is -2.34. The first-order chi connectivity index (χ1) is 7.27. The highest BCUT2D eigenvalue weighted by molar-refractivity contribution is 8.24. The van der Waals surface area contributed by atoms with E-state index < -0.39 is 29.6 Å². The first-order valence-electron chi connectivity index (χ1n) is 4.29. The molecule has 0 N–H and O–H groups in total. The number of halogens is 5. The molecule has 0 heterocycles. The zero-order chi connectivity index (χ0) is 12.8. The van der Waals surface area contributed by atoms with E-state index in [-0.39, 0.29) is 17.5 Å². The molecule has 0 unspecified atom stereocenters. The zero-order valence-electron chi connectivity index (χ0n) is 8.89. The van der Waals surface area contributed by atoms with Gasteiger partial charge >= 0.3 is 5.51 Å². The molecule has 0 fully saturated rings. The van der Waals surface area contributed by atoms with Gasteiger partial charge in [0.1, 0.15) is 0 Å². The van der Waals surface area contributed by atoms with Crippen LogP contribution in [0.15, 0.2) is 0 Å². The van der Waals surface area contributed by atoms with Crippen molar-refractivity contribution >= 4 is 11.0 Å². The summed E-state index contributed by atoms with van der Waals surface area (Å²) in [6.45, 7) is -1.35. The Morgan fingerprint density at radius 1 is 1.00 bits per heavy atom. The van der Waals surface area contributed by atoms with Crippen LogP contribution in [0.3, 0.4) is 0 Å². The molecule has 0 radical (unpaired) electrons. The van der Waals surface area contributed by atoms with Gasteiger partial charge in [-0.05, 0) is 0 Å². The van der Waals surface area contributed by atoms with Gasteiger partial charge in [-0.2, -0.15) is 13.2 Å². The number of rotatable bonds is 7. The van der Waals surface area contributed by atoms with E-state index in [9.17, 15) is 20.9 Å². The predicted molar refractivity (Wildman–Crippen MR) is 51.2 cm³/mol. The molecule has 0 atom stereocenters. The van der Waals surface area contributed by atoms with Crippen LogP contribution >= 0.6 is 11.0 Å². The Morgan fingerprint density at radius 3 is 1.62 bits per heavy atom. The summed E-state index contributed by atoms with van der Waals surface area (Å²) >= 11 is 0. The van der Waals surface area contributed by atoms with Crippen molar-refractivity contribution in [2.45, 2.75) is 5.51 Å². The fourth-order valence-electron chi connectivity index (χ4n) is 0.874. The maximum absolute atomic E-state index is 13.0. The number of alkyl halides is 3. The monoisotopic (exact) mass is 271 g/mol. The molecule has 16 heavy (non-hydrogen) atoms. The van der Waals surface area contributed by atoms with Gasteiger partial charge in [-0.15, -0.1) is 7.77 Å². The summed E-state index contributed by atoms with van der Waals surface area (Å²) in [7, 11) is -3.35. The van der Waals surface area contributed by atoms with Gasteiger partial charge in [0.2, 0.25) is 11.0 Å². The Kier molecular flexibility index (Phi) is 6.53. The van der Waals surface area contributed by atoms with Crippen LogP contribution in [0.5, 0.6) is 0 Å². The summed E-state index contributed by atoms with van der Waals surface area (Å²) < 4.78 is 71.4. The Labute approximate surface area is 92.5 Å². The summed E-state index contributed by atoms with van der Waals surface area (Å²) in [5, 5.41) is 0. The molecule has 0 aliphatic heterocycles. The van der Waals surface area contributed by atoms with Gasteiger partial charge in [0.15, 0.2) is 0 Å². The second-order valence-electron chi connectivity index (χ2n) is 2.80. The molecule has 0 aromatic heterocycles. The molecule has 0 spiro atoms. The third-order valence-corrected chi connectivity index (χ3v) is 3.26. The highest BCUT2D eigenvalue weighted by atomic mass is 32.3. The van der Waals surface area contributed by atoms with Crippen LogP contribution in [0, 0.1) is 0 Å². The predicted octanol–water partition coefficient (Wildman–Crippen LogP) is 2.59. The van der Waals surface area contributed by atoms with E-state index in [1.807, 2.05) is 0 Å². The molecule has 0 aliphatic carbocycles. The molecule has 0 rings (SSSR count).